The van der Waals surface area contributed by atoms with Crippen molar-refractivity contribution < 1.29 is 10.00 Å². The van der Waals surface area contributed by atoms with Crippen LogP contribution in [0.4, 0.5) is 0 Å². The van der Waals surface area contributed by atoms with Crippen molar-refractivity contribution in [2.24, 2.45) is 0 Å². The van der Waals surface area contributed by atoms with Gasteiger partial charge in [0.05, 0.1) is 8.15 Å². The highest BCUT2D eigenvalue weighted by atomic mass is 31.1. The quantitative estimate of drug-likeness (QED) is 0.816. The topological polar surface area (TPSA) is 40.5 Å². The van der Waals surface area contributed by atoms with Crippen molar-refractivity contribution in [3.8, 4) is 16.9 Å². The molecule has 0 aliphatic rings. The Bertz CT molecular complexity index is 573. The fourth-order valence-corrected chi connectivity index (χ4v) is 3.32. The molecule has 0 aliphatic carbocycles. The van der Waals surface area contributed by atoms with E-state index in [9.17, 15) is 10.00 Å². The molecule has 2 N–H and O–H groups in total. The largest absolute Gasteiger partial charge is 0.507 e. The Balaban J connectivity index is 2.57. The maximum Gasteiger partial charge on any atom is 0.123 e. The smallest absolute Gasteiger partial charge is 0.123 e. The minimum absolute atomic E-state index is 0.185. The molecule has 0 aromatic heterocycles. The first-order valence-electron chi connectivity index (χ1n) is 6.28. The lowest BCUT2D eigenvalue weighted by Gasteiger charge is -2.27. The molecule has 0 saturated carbocycles. The minimum atomic E-state index is -1.28. The zero-order valence-electron chi connectivity index (χ0n) is 11.5. The second-order valence-electron chi connectivity index (χ2n) is 5.52. The molecule has 2 aromatic rings. The molecule has 0 radical (unpaired) electrons. The molecule has 0 bridgehead atoms. The Kier molecular flexibility index (Phi) is 3.93. The third-order valence-electron chi connectivity index (χ3n) is 2.96. The Morgan fingerprint density at radius 3 is 1.95 bits per heavy atom. The van der Waals surface area contributed by atoms with Crippen LogP contribution in [0.15, 0.2) is 48.5 Å². The molecular formula is C16H19O2P. The molecule has 0 amide bonds. The third-order valence-corrected chi connectivity index (χ3v) is 5.08. The summed E-state index contributed by atoms with van der Waals surface area (Å²) in [7, 11) is -1.28. The lowest BCUT2D eigenvalue weighted by atomic mass is 10.0. The maximum absolute atomic E-state index is 10.6. The molecule has 2 aromatic carbocycles. The maximum atomic E-state index is 10.6. The van der Waals surface area contributed by atoms with Crippen LogP contribution in [0.2, 0.25) is 0 Å². The van der Waals surface area contributed by atoms with Crippen LogP contribution in [-0.2, 0) is 0 Å². The van der Waals surface area contributed by atoms with Crippen LogP contribution in [0.1, 0.15) is 20.8 Å². The number of phenols is 1. The molecule has 2 nitrogen and oxygen atoms in total. The zero-order chi connectivity index (χ0) is 14.0. The molecule has 0 saturated heterocycles. The van der Waals surface area contributed by atoms with Gasteiger partial charge in [0.2, 0.25) is 0 Å². The van der Waals surface area contributed by atoms with Crippen LogP contribution < -0.4 is 5.30 Å². The molecule has 0 spiro atoms. The molecule has 0 aliphatic heterocycles. The first kappa shape index (κ1) is 14.0. The van der Waals surface area contributed by atoms with Gasteiger partial charge in [0.1, 0.15) is 5.75 Å². The monoisotopic (exact) mass is 274 g/mol. The standard InChI is InChI=1S/C16H19O2P/c1-16(2,3)19(18)15-11-7-5-9-13(15)12-8-4-6-10-14(12)17/h4-11,17-18H,1-3H3. The van der Waals surface area contributed by atoms with Crippen molar-refractivity contribution in [2.75, 3.05) is 0 Å². The van der Waals surface area contributed by atoms with Gasteiger partial charge in [0.15, 0.2) is 0 Å². The molecule has 19 heavy (non-hydrogen) atoms. The Morgan fingerprint density at radius 1 is 0.842 bits per heavy atom. The van der Waals surface area contributed by atoms with E-state index in [0.717, 1.165) is 16.4 Å². The minimum Gasteiger partial charge on any atom is -0.507 e. The van der Waals surface area contributed by atoms with Crippen molar-refractivity contribution in [1.82, 2.24) is 0 Å². The van der Waals surface area contributed by atoms with E-state index in [-0.39, 0.29) is 10.9 Å². The van der Waals surface area contributed by atoms with E-state index in [2.05, 4.69) is 0 Å². The molecule has 1 unspecified atom stereocenters. The van der Waals surface area contributed by atoms with E-state index >= 15 is 0 Å². The van der Waals surface area contributed by atoms with Gasteiger partial charge in [-0.25, -0.2) is 0 Å². The number of aromatic hydroxyl groups is 1. The van der Waals surface area contributed by atoms with Gasteiger partial charge in [-0.15, -0.1) is 0 Å². The highest BCUT2D eigenvalue weighted by molar-refractivity contribution is 7.61. The summed E-state index contributed by atoms with van der Waals surface area (Å²) in [4.78, 5) is 10.6. The molecule has 0 heterocycles. The number of phenolic OH excluding ortho intramolecular Hbond substituents is 1. The highest BCUT2D eigenvalue weighted by Crippen LogP contribution is 2.47. The average molecular weight is 274 g/mol. The summed E-state index contributed by atoms with van der Waals surface area (Å²) in [6.07, 6.45) is 0. The van der Waals surface area contributed by atoms with E-state index in [1.165, 1.54) is 0 Å². The number of para-hydroxylation sites is 1. The van der Waals surface area contributed by atoms with Crippen LogP contribution in [0, 0.1) is 0 Å². The van der Waals surface area contributed by atoms with Gasteiger partial charge in [0.25, 0.3) is 0 Å². The van der Waals surface area contributed by atoms with Gasteiger partial charge in [-0.1, -0.05) is 63.2 Å². The van der Waals surface area contributed by atoms with Crippen molar-refractivity contribution in [1.29, 1.82) is 0 Å². The summed E-state index contributed by atoms with van der Waals surface area (Å²) in [6, 6.07) is 15.0. The van der Waals surface area contributed by atoms with Gasteiger partial charge in [-0.3, -0.25) is 0 Å². The van der Waals surface area contributed by atoms with Crippen LogP contribution in [0.5, 0.6) is 5.75 Å². The first-order valence-corrected chi connectivity index (χ1v) is 7.57. The van der Waals surface area contributed by atoms with Gasteiger partial charge in [0, 0.05) is 16.0 Å². The molecule has 0 fully saturated rings. The van der Waals surface area contributed by atoms with Gasteiger partial charge >= 0.3 is 0 Å². The van der Waals surface area contributed by atoms with E-state index in [1.54, 1.807) is 12.1 Å². The lowest BCUT2D eigenvalue weighted by Crippen LogP contribution is -2.20. The molecule has 1 atom stereocenters. The van der Waals surface area contributed by atoms with Gasteiger partial charge in [-0.2, -0.15) is 0 Å². The average Bonchev–Trinajstić information content (AvgIpc) is 2.37. The van der Waals surface area contributed by atoms with Crippen LogP contribution in [0.25, 0.3) is 11.1 Å². The first-order chi connectivity index (χ1) is 8.91. The fraction of sp³-hybridized carbons (Fsp3) is 0.250. The highest BCUT2D eigenvalue weighted by Gasteiger charge is 2.26. The number of rotatable bonds is 2. The fourth-order valence-electron chi connectivity index (χ4n) is 1.95. The predicted molar refractivity (Wildman–Crippen MR) is 82.1 cm³/mol. The van der Waals surface area contributed by atoms with E-state index in [4.69, 9.17) is 0 Å². The summed E-state index contributed by atoms with van der Waals surface area (Å²) < 4.78 is 0. The zero-order valence-corrected chi connectivity index (χ0v) is 12.4. The van der Waals surface area contributed by atoms with Crippen molar-refractivity contribution >= 4 is 13.5 Å². The van der Waals surface area contributed by atoms with Crippen molar-refractivity contribution in [2.45, 2.75) is 25.9 Å². The normalized spacial score (nSPS) is 13.3. The van der Waals surface area contributed by atoms with E-state index in [0.29, 0.717) is 0 Å². The Labute approximate surface area is 115 Å². The Morgan fingerprint density at radius 2 is 1.37 bits per heavy atom. The molecule has 3 heteroatoms. The molecule has 100 valence electrons. The summed E-state index contributed by atoms with van der Waals surface area (Å²) in [5.41, 5.74) is 1.67. The van der Waals surface area contributed by atoms with Crippen LogP contribution in [0.3, 0.4) is 0 Å². The van der Waals surface area contributed by atoms with Crippen LogP contribution in [-0.4, -0.2) is 15.2 Å². The van der Waals surface area contributed by atoms with Crippen molar-refractivity contribution in [3.05, 3.63) is 48.5 Å². The summed E-state index contributed by atoms with van der Waals surface area (Å²) in [5.74, 6) is 0.243. The Hall–Kier alpha value is -1.37. The second kappa shape index (κ2) is 5.32. The molecular weight excluding hydrogens is 255 g/mol. The number of benzene rings is 2. The van der Waals surface area contributed by atoms with Gasteiger partial charge in [-0.05, 0) is 11.6 Å². The van der Waals surface area contributed by atoms with E-state index in [1.807, 2.05) is 57.2 Å². The summed E-state index contributed by atoms with van der Waals surface area (Å²) in [5, 5.41) is 10.7. The van der Waals surface area contributed by atoms with E-state index < -0.39 is 8.15 Å². The summed E-state index contributed by atoms with van der Waals surface area (Å²) in [6.45, 7) is 6.08. The SMILES string of the molecule is CC(C)(C)P(O)c1ccccc1-c1ccccc1O. The third kappa shape index (κ3) is 2.97. The predicted octanol–water partition coefficient (Wildman–Crippen LogP) is 3.87. The van der Waals surface area contributed by atoms with Gasteiger partial charge < -0.3 is 10.00 Å². The number of hydrogen-bond acceptors (Lipinski definition) is 2. The van der Waals surface area contributed by atoms with Crippen LogP contribution >= 0.6 is 8.15 Å². The second-order valence-corrected chi connectivity index (χ2v) is 7.96. The number of hydrogen-bond donors (Lipinski definition) is 2. The van der Waals surface area contributed by atoms with Crippen molar-refractivity contribution in [3.63, 3.8) is 0 Å². The summed E-state index contributed by atoms with van der Waals surface area (Å²) >= 11 is 0. The lowest BCUT2D eigenvalue weighted by molar-refractivity contribution is 0.477. The molecule has 2 rings (SSSR count).